The number of hydrogen-bond acceptors (Lipinski definition) is 4. The Hall–Kier alpha value is -1.14. The molecule has 5 nitrogen and oxygen atoms in total. The summed E-state index contributed by atoms with van der Waals surface area (Å²) in [4.78, 5) is 17.0. The first-order valence-corrected chi connectivity index (χ1v) is 8.81. The van der Waals surface area contributed by atoms with Crippen LogP contribution in [0.25, 0.3) is 0 Å². The first kappa shape index (κ1) is 16.7. The second-order valence-corrected chi connectivity index (χ2v) is 6.71. The van der Waals surface area contributed by atoms with E-state index in [0.717, 1.165) is 45.8 Å². The number of piperazine rings is 1. The predicted octanol–water partition coefficient (Wildman–Crippen LogP) is 1.65. The van der Waals surface area contributed by atoms with Gasteiger partial charge < -0.3 is 15.5 Å². The Balaban J connectivity index is 1.38. The second-order valence-electron chi connectivity index (χ2n) is 6.30. The highest BCUT2D eigenvalue weighted by Gasteiger charge is 2.25. The fourth-order valence-corrected chi connectivity index (χ4v) is 3.52. The van der Waals surface area contributed by atoms with E-state index in [4.69, 9.17) is 11.6 Å². The molecule has 3 rings (SSSR count). The van der Waals surface area contributed by atoms with Gasteiger partial charge in [0.05, 0.1) is 10.7 Å². The SMILES string of the molecule is O=C(CCN1CCN(C2CCNC2)CC1)Nc1ccccc1Cl. The summed E-state index contributed by atoms with van der Waals surface area (Å²) in [5.41, 5.74) is 0.692. The number of carbonyl (C=O) groups is 1. The maximum atomic E-state index is 12.1. The minimum atomic E-state index is 0.0283. The Morgan fingerprint density at radius 1 is 1.26 bits per heavy atom. The number of para-hydroxylation sites is 1. The molecule has 2 N–H and O–H groups in total. The van der Waals surface area contributed by atoms with Crippen molar-refractivity contribution in [2.45, 2.75) is 18.9 Å². The van der Waals surface area contributed by atoms with Crippen molar-refractivity contribution in [2.75, 3.05) is 51.1 Å². The molecule has 126 valence electrons. The molecule has 2 saturated heterocycles. The summed E-state index contributed by atoms with van der Waals surface area (Å²) < 4.78 is 0. The summed E-state index contributed by atoms with van der Waals surface area (Å²) in [6.45, 7) is 7.41. The van der Waals surface area contributed by atoms with Crippen molar-refractivity contribution in [2.24, 2.45) is 0 Å². The number of hydrogen-bond donors (Lipinski definition) is 2. The van der Waals surface area contributed by atoms with E-state index in [-0.39, 0.29) is 5.91 Å². The van der Waals surface area contributed by atoms with Crippen molar-refractivity contribution in [3.63, 3.8) is 0 Å². The standard InChI is InChI=1S/C17H25ClN4O/c18-15-3-1-2-4-16(15)20-17(23)6-8-21-9-11-22(12-10-21)14-5-7-19-13-14/h1-4,14,19H,5-13H2,(H,20,23). The van der Waals surface area contributed by atoms with Gasteiger partial charge in [-0.3, -0.25) is 9.69 Å². The number of amides is 1. The molecule has 2 fully saturated rings. The molecule has 0 bridgehead atoms. The largest absolute Gasteiger partial charge is 0.325 e. The van der Waals surface area contributed by atoms with E-state index in [0.29, 0.717) is 23.2 Å². The maximum Gasteiger partial charge on any atom is 0.225 e. The third-order valence-corrected chi connectivity index (χ3v) is 5.09. The summed E-state index contributed by atoms with van der Waals surface area (Å²) in [7, 11) is 0. The smallest absolute Gasteiger partial charge is 0.225 e. The molecular formula is C17H25ClN4O. The maximum absolute atomic E-state index is 12.1. The molecule has 23 heavy (non-hydrogen) atoms. The van der Waals surface area contributed by atoms with E-state index in [9.17, 15) is 4.79 Å². The number of rotatable bonds is 5. The monoisotopic (exact) mass is 336 g/mol. The average Bonchev–Trinajstić information content (AvgIpc) is 3.10. The van der Waals surface area contributed by atoms with Crippen LogP contribution in [0.3, 0.4) is 0 Å². The Bertz CT molecular complexity index is 525. The van der Waals surface area contributed by atoms with Gasteiger partial charge in [0.25, 0.3) is 0 Å². The number of halogens is 1. The zero-order valence-corrected chi connectivity index (χ0v) is 14.2. The lowest BCUT2D eigenvalue weighted by molar-refractivity contribution is -0.116. The predicted molar refractivity (Wildman–Crippen MR) is 94.0 cm³/mol. The van der Waals surface area contributed by atoms with Crippen molar-refractivity contribution in [3.8, 4) is 0 Å². The molecule has 0 aliphatic carbocycles. The second kappa shape index (κ2) is 8.11. The third-order valence-electron chi connectivity index (χ3n) is 4.76. The van der Waals surface area contributed by atoms with Crippen molar-refractivity contribution >= 4 is 23.2 Å². The number of carbonyl (C=O) groups excluding carboxylic acids is 1. The quantitative estimate of drug-likeness (QED) is 0.858. The van der Waals surface area contributed by atoms with Crippen molar-refractivity contribution in [1.29, 1.82) is 0 Å². The van der Waals surface area contributed by atoms with Crippen molar-refractivity contribution in [3.05, 3.63) is 29.3 Å². The fraction of sp³-hybridized carbons (Fsp3) is 0.588. The van der Waals surface area contributed by atoms with Gasteiger partial charge in [0.15, 0.2) is 0 Å². The molecule has 2 heterocycles. The molecule has 2 aliphatic heterocycles. The number of nitrogens with zero attached hydrogens (tertiary/aromatic N) is 2. The first-order chi connectivity index (χ1) is 11.2. The van der Waals surface area contributed by atoms with Gasteiger partial charge in [-0.25, -0.2) is 0 Å². The van der Waals surface area contributed by atoms with E-state index in [1.807, 2.05) is 18.2 Å². The molecule has 1 aromatic carbocycles. The van der Waals surface area contributed by atoms with Gasteiger partial charge in [-0.05, 0) is 25.1 Å². The first-order valence-electron chi connectivity index (χ1n) is 8.44. The van der Waals surface area contributed by atoms with Crippen LogP contribution >= 0.6 is 11.6 Å². The molecule has 0 radical (unpaired) electrons. The van der Waals surface area contributed by atoms with Gasteiger partial charge >= 0.3 is 0 Å². The van der Waals surface area contributed by atoms with E-state index in [2.05, 4.69) is 20.4 Å². The van der Waals surface area contributed by atoms with E-state index < -0.39 is 0 Å². The molecule has 2 aliphatic rings. The van der Waals surface area contributed by atoms with Crippen molar-refractivity contribution in [1.82, 2.24) is 15.1 Å². The van der Waals surface area contributed by atoms with Gasteiger partial charge in [0.2, 0.25) is 5.91 Å². The lowest BCUT2D eigenvalue weighted by Gasteiger charge is -2.37. The Kier molecular flexibility index (Phi) is 5.89. The summed E-state index contributed by atoms with van der Waals surface area (Å²) >= 11 is 6.06. The minimum absolute atomic E-state index is 0.0283. The molecule has 1 amide bonds. The van der Waals surface area contributed by atoms with Crippen LogP contribution in [-0.2, 0) is 4.79 Å². The summed E-state index contributed by atoms with van der Waals surface area (Å²) in [6, 6.07) is 8.06. The lowest BCUT2D eigenvalue weighted by Crippen LogP contribution is -2.51. The molecule has 1 unspecified atom stereocenters. The van der Waals surface area contributed by atoms with Crippen LogP contribution in [0.4, 0.5) is 5.69 Å². The number of benzene rings is 1. The van der Waals surface area contributed by atoms with Crippen LogP contribution in [0.5, 0.6) is 0 Å². The van der Waals surface area contributed by atoms with Gasteiger partial charge in [-0.15, -0.1) is 0 Å². The van der Waals surface area contributed by atoms with E-state index in [1.54, 1.807) is 6.07 Å². The zero-order valence-electron chi connectivity index (χ0n) is 13.4. The van der Waals surface area contributed by atoms with Crippen LogP contribution in [0, 0.1) is 0 Å². The van der Waals surface area contributed by atoms with Crippen molar-refractivity contribution < 1.29 is 4.79 Å². The Labute approximate surface area is 143 Å². The van der Waals surface area contributed by atoms with E-state index >= 15 is 0 Å². The Morgan fingerprint density at radius 3 is 2.74 bits per heavy atom. The van der Waals surface area contributed by atoms with Crippen LogP contribution in [0.15, 0.2) is 24.3 Å². The third kappa shape index (κ3) is 4.67. The molecule has 0 spiro atoms. The highest BCUT2D eigenvalue weighted by molar-refractivity contribution is 6.33. The Morgan fingerprint density at radius 2 is 2.04 bits per heavy atom. The molecule has 0 saturated carbocycles. The number of nitrogens with one attached hydrogen (secondary N) is 2. The topological polar surface area (TPSA) is 47.6 Å². The van der Waals surface area contributed by atoms with Crippen LogP contribution < -0.4 is 10.6 Å². The average molecular weight is 337 g/mol. The summed E-state index contributed by atoms with van der Waals surface area (Å²) in [5, 5.41) is 6.90. The fourth-order valence-electron chi connectivity index (χ4n) is 3.34. The van der Waals surface area contributed by atoms with Gasteiger partial charge in [-0.1, -0.05) is 23.7 Å². The highest BCUT2D eigenvalue weighted by atomic mass is 35.5. The molecule has 0 aromatic heterocycles. The van der Waals surface area contributed by atoms with Crippen LogP contribution in [-0.4, -0.2) is 67.6 Å². The minimum Gasteiger partial charge on any atom is -0.325 e. The van der Waals surface area contributed by atoms with Gasteiger partial charge in [-0.2, -0.15) is 0 Å². The molecule has 1 aromatic rings. The summed E-state index contributed by atoms with van der Waals surface area (Å²) in [6.07, 6.45) is 1.77. The highest BCUT2D eigenvalue weighted by Crippen LogP contribution is 2.20. The normalized spacial score (nSPS) is 23.1. The molecular weight excluding hydrogens is 312 g/mol. The van der Waals surface area contributed by atoms with Crippen LogP contribution in [0.1, 0.15) is 12.8 Å². The van der Waals surface area contributed by atoms with E-state index in [1.165, 1.54) is 6.42 Å². The molecule has 6 heteroatoms. The van der Waals surface area contributed by atoms with Gasteiger partial charge in [0.1, 0.15) is 0 Å². The van der Waals surface area contributed by atoms with Gasteiger partial charge in [0, 0.05) is 51.7 Å². The lowest BCUT2D eigenvalue weighted by atomic mass is 10.2. The van der Waals surface area contributed by atoms with Crippen LogP contribution in [0.2, 0.25) is 5.02 Å². The molecule has 1 atom stereocenters. The number of anilines is 1. The zero-order chi connectivity index (χ0) is 16.1. The summed E-state index contributed by atoms with van der Waals surface area (Å²) in [5.74, 6) is 0.0283.